The minimum absolute atomic E-state index is 0.171. The van der Waals surface area contributed by atoms with Crippen LogP contribution in [0.5, 0.6) is 0 Å². The van der Waals surface area contributed by atoms with Crippen LogP contribution in [0.15, 0.2) is 16.6 Å². The molecule has 6 heteroatoms. The van der Waals surface area contributed by atoms with Crippen LogP contribution < -0.4 is 10.6 Å². The summed E-state index contributed by atoms with van der Waals surface area (Å²) in [5.74, 6) is -0.631. The van der Waals surface area contributed by atoms with Crippen LogP contribution in [0.4, 0.5) is 10.1 Å². The second-order valence-electron chi connectivity index (χ2n) is 3.15. The van der Waals surface area contributed by atoms with Crippen LogP contribution in [0.2, 0.25) is 5.02 Å². The van der Waals surface area contributed by atoms with Crippen molar-refractivity contribution in [2.24, 2.45) is 0 Å². The summed E-state index contributed by atoms with van der Waals surface area (Å²) in [6.07, 6.45) is 0.330. The van der Waals surface area contributed by atoms with Gasteiger partial charge in [0.25, 0.3) is 0 Å². The van der Waals surface area contributed by atoms with E-state index in [9.17, 15) is 9.18 Å². The molecule has 0 atom stereocenters. The molecule has 0 unspecified atom stereocenters. The third-order valence-electron chi connectivity index (χ3n) is 1.87. The largest absolute Gasteiger partial charge is 0.324 e. The Morgan fingerprint density at radius 1 is 1.56 bits per heavy atom. The van der Waals surface area contributed by atoms with Crippen molar-refractivity contribution in [2.75, 3.05) is 18.9 Å². The number of carbonyl (C=O) groups excluding carboxylic acids is 1. The normalized spacial score (nSPS) is 10.2. The molecule has 0 radical (unpaired) electrons. The molecule has 0 aromatic heterocycles. The quantitative estimate of drug-likeness (QED) is 0.898. The van der Waals surface area contributed by atoms with Gasteiger partial charge in [-0.1, -0.05) is 11.6 Å². The molecular weight excluding hydrogens is 298 g/mol. The first-order chi connectivity index (χ1) is 7.54. The number of halogens is 3. The third-order valence-corrected chi connectivity index (χ3v) is 2.80. The van der Waals surface area contributed by atoms with Crippen molar-refractivity contribution in [3.8, 4) is 0 Å². The van der Waals surface area contributed by atoms with Crippen LogP contribution in [0.1, 0.15) is 6.42 Å². The van der Waals surface area contributed by atoms with E-state index >= 15 is 0 Å². The van der Waals surface area contributed by atoms with E-state index in [1.54, 1.807) is 7.05 Å². The van der Waals surface area contributed by atoms with E-state index in [4.69, 9.17) is 11.6 Å². The fourth-order valence-corrected chi connectivity index (χ4v) is 2.00. The number of carbonyl (C=O) groups is 1. The van der Waals surface area contributed by atoms with Gasteiger partial charge in [-0.15, -0.1) is 0 Å². The van der Waals surface area contributed by atoms with Gasteiger partial charge in [-0.2, -0.15) is 0 Å². The molecule has 0 heterocycles. The summed E-state index contributed by atoms with van der Waals surface area (Å²) >= 11 is 8.95. The molecule has 0 saturated carbocycles. The zero-order valence-corrected chi connectivity index (χ0v) is 11.0. The minimum atomic E-state index is -0.454. The molecule has 0 aliphatic heterocycles. The molecule has 1 aromatic carbocycles. The summed E-state index contributed by atoms with van der Waals surface area (Å²) in [6.45, 7) is 0.572. The van der Waals surface area contributed by atoms with Gasteiger partial charge in [0.2, 0.25) is 5.91 Å². The Hall–Kier alpha value is -0.650. The lowest BCUT2D eigenvalue weighted by molar-refractivity contribution is -0.116. The molecule has 2 N–H and O–H groups in total. The van der Waals surface area contributed by atoms with Crippen LogP contribution in [-0.2, 0) is 4.79 Å². The number of hydrogen-bond acceptors (Lipinski definition) is 2. The van der Waals surface area contributed by atoms with Gasteiger partial charge in [-0.3, -0.25) is 4.79 Å². The lowest BCUT2D eigenvalue weighted by Gasteiger charge is -2.09. The highest BCUT2D eigenvalue weighted by Gasteiger charge is 2.10. The van der Waals surface area contributed by atoms with Gasteiger partial charge in [0.15, 0.2) is 0 Å². The fraction of sp³-hybridized carbons (Fsp3) is 0.300. The highest BCUT2D eigenvalue weighted by atomic mass is 79.9. The molecular formula is C10H11BrClFN2O. The van der Waals surface area contributed by atoms with E-state index in [2.05, 4.69) is 26.6 Å². The minimum Gasteiger partial charge on any atom is -0.324 e. The van der Waals surface area contributed by atoms with Crippen molar-refractivity contribution in [1.29, 1.82) is 0 Å². The van der Waals surface area contributed by atoms with Gasteiger partial charge >= 0.3 is 0 Å². The second kappa shape index (κ2) is 6.18. The lowest BCUT2D eigenvalue weighted by Crippen LogP contribution is -2.19. The number of benzene rings is 1. The van der Waals surface area contributed by atoms with E-state index in [1.807, 2.05) is 0 Å². The van der Waals surface area contributed by atoms with Gasteiger partial charge in [0.05, 0.1) is 10.7 Å². The number of hydrogen-bond donors (Lipinski definition) is 2. The molecule has 0 bridgehead atoms. The summed E-state index contributed by atoms with van der Waals surface area (Å²) in [7, 11) is 1.76. The van der Waals surface area contributed by atoms with Gasteiger partial charge in [-0.25, -0.2) is 4.39 Å². The molecule has 0 aliphatic rings. The fourth-order valence-electron chi connectivity index (χ4n) is 1.10. The summed E-state index contributed by atoms with van der Waals surface area (Å²) in [5.41, 5.74) is 0.393. The molecule has 0 saturated heterocycles. The monoisotopic (exact) mass is 308 g/mol. The summed E-state index contributed by atoms with van der Waals surface area (Å²) in [5, 5.41) is 5.64. The van der Waals surface area contributed by atoms with Crippen LogP contribution >= 0.6 is 27.5 Å². The highest BCUT2D eigenvalue weighted by Crippen LogP contribution is 2.31. The number of amides is 1. The topological polar surface area (TPSA) is 41.1 Å². The molecule has 88 valence electrons. The average Bonchev–Trinajstić information content (AvgIpc) is 2.20. The smallest absolute Gasteiger partial charge is 0.225 e. The van der Waals surface area contributed by atoms with E-state index in [1.165, 1.54) is 6.07 Å². The first kappa shape index (κ1) is 13.4. The maximum Gasteiger partial charge on any atom is 0.225 e. The number of rotatable bonds is 4. The molecule has 16 heavy (non-hydrogen) atoms. The summed E-state index contributed by atoms with van der Waals surface area (Å²) in [4.78, 5) is 11.4. The second-order valence-corrected chi connectivity index (χ2v) is 4.41. The van der Waals surface area contributed by atoms with Gasteiger partial charge in [0.1, 0.15) is 5.82 Å². The van der Waals surface area contributed by atoms with Crippen molar-refractivity contribution in [1.82, 2.24) is 5.32 Å². The van der Waals surface area contributed by atoms with Crippen molar-refractivity contribution < 1.29 is 9.18 Å². The highest BCUT2D eigenvalue weighted by molar-refractivity contribution is 9.10. The Labute approximate surface area is 106 Å². The summed E-state index contributed by atoms with van der Waals surface area (Å²) < 4.78 is 13.3. The van der Waals surface area contributed by atoms with Crippen molar-refractivity contribution >= 4 is 39.1 Å². The zero-order valence-electron chi connectivity index (χ0n) is 8.61. The maximum absolute atomic E-state index is 12.9. The lowest BCUT2D eigenvalue weighted by atomic mass is 10.3. The van der Waals surface area contributed by atoms with E-state index in [0.717, 1.165) is 6.07 Å². The van der Waals surface area contributed by atoms with Crippen LogP contribution in [0, 0.1) is 5.82 Å². The van der Waals surface area contributed by atoms with Gasteiger partial charge in [0, 0.05) is 17.4 Å². The average molecular weight is 310 g/mol. The predicted molar refractivity (Wildman–Crippen MR) is 66.3 cm³/mol. The first-order valence-electron chi connectivity index (χ1n) is 4.63. The Morgan fingerprint density at radius 2 is 2.25 bits per heavy atom. The molecule has 1 amide bonds. The SMILES string of the molecule is CNCCC(=O)Nc1c(Cl)cc(F)cc1Br. The maximum atomic E-state index is 12.9. The number of anilines is 1. The molecule has 0 fully saturated rings. The Kier molecular flexibility index (Phi) is 5.18. The Bertz CT molecular complexity index is 377. The van der Waals surface area contributed by atoms with Gasteiger partial charge in [-0.05, 0) is 35.1 Å². The van der Waals surface area contributed by atoms with Crippen molar-refractivity contribution in [3.05, 3.63) is 27.4 Å². The standard InChI is InChI=1S/C10H11BrClFN2O/c1-14-3-2-9(16)15-10-7(11)4-6(13)5-8(10)12/h4-5,14H,2-3H2,1H3,(H,15,16). The predicted octanol–water partition coefficient (Wildman–Crippen LogP) is 2.79. The molecule has 1 rings (SSSR count). The first-order valence-corrected chi connectivity index (χ1v) is 5.80. The van der Waals surface area contributed by atoms with Crippen LogP contribution in [-0.4, -0.2) is 19.5 Å². The van der Waals surface area contributed by atoms with E-state index < -0.39 is 5.82 Å². The molecule has 0 spiro atoms. The van der Waals surface area contributed by atoms with Crippen molar-refractivity contribution in [3.63, 3.8) is 0 Å². The Balaban J connectivity index is 2.77. The molecule has 3 nitrogen and oxygen atoms in total. The Morgan fingerprint density at radius 3 is 2.81 bits per heavy atom. The van der Waals surface area contributed by atoms with E-state index in [-0.39, 0.29) is 10.9 Å². The number of nitrogens with one attached hydrogen (secondary N) is 2. The van der Waals surface area contributed by atoms with Crippen molar-refractivity contribution in [2.45, 2.75) is 6.42 Å². The van der Waals surface area contributed by atoms with E-state index in [0.29, 0.717) is 23.1 Å². The molecule has 0 aliphatic carbocycles. The summed E-state index contributed by atoms with van der Waals surface area (Å²) in [6, 6.07) is 2.40. The third kappa shape index (κ3) is 3.73. The molecule has 1 aromatic rings. The zero-order chi connectivity index (χ0) is 12.1. The van der Waals surface area contributed by atoms with Crippen LogP contribution in [0.3, 0.4) is 0 Å². The van der Waals surface area contributed by atoms with Crippen LogP contribution in [0.25, 0.3) is 0 Å². The van der Waals surface area contributed by atoms with Gasteiger partial charge < -0.3 is 10.6 Å².